The summed E-state index contributed by atoms with van der Waals surface area (Å²) in [6.07, 6.45) is 3.83. The first-order chi connectivity index (χ1) is 14.7. The standard InChI is InChI=1S/C26H38N2O4/c1-21(2)23(5)7-9-25(21,15-17(23)29)19(31)27-11-13-28(14-12-27)20(32)26-10-8-24(6,18(30)16-26)22(26,3)4/h7-16H2,1-6H3/t23-,24-,25-,26+/m1/s1. The number of Topliss-reactive ketones (excluding diaryl/α,β-unsaturated/α-hetero) is 2. The zero-order valence-corrected chi connectivity index (χ0v) is 20.6. The topological polar surface area (TPSA) is 74.8 Å². The molecular formula is C26H38N2O4. The van der Waals surface area contributed by atoms with Crippen LogP contribution in [0.2, 0.25) is 0 Å². The minimum Gasteiger partial charge on any atom is -0.339 e. The van der Waals surface area contributed by atoms with Gasteiger partial charge < -0.3 is 9.80 Å². The maximum Gasteiger partial charge on any atom is 0.229 e. The molecule has 5 rings (SSSR count). The lowest BCUT2D eigenvalue weighted by Gasteiger charge is -2.46. The summed E-state index contributed by atoms with van der Waals surface area (Å²) in [7, 11) is 0. The molecule has 1 saturated heterocycles. The number of hydrogen-bond donors (Lipinski definition) is 0. The Hall–Kier alpha value is -1.72. The third-order valence-electron chi connectivity index (χ3n) is 12.1. The summed E-state index contributed by atoms with van der Waals surface area (Å²) < 4.78 is 0. The lowest BCUT2D eigenvalue weighted by molar-refractivity contribution is -0.156. The van der Waals surface area contributed by atoms with Gasteiger partial charge in [-0.25, -0.2) is 0 Å². The number of carbonyl (C=O) groups excluding carboxylic acids is 4. The van der Waals surface area contributed by atoms with Crippen LogP contribution in [-0.2, 0) is 19.2 Å². The van der Waals surface area contributed by atoms with Crippen LogP contribution in [0.15, 0.2) is 0 Å². The van der Waals surface area contributed by atoms with Gasteiger partial charge in [-0.05, 0) is 36.5 Å². The van der Waals surface area contributed by atoms with Gasteiger partial charge in [-0.1, -0.05) is 41.5 Å². The molecule has 0 N–H and O–H groups in total. The lowest BCUT2D eigenvalue weighted by atomic mass is 9.64. The normalized spacial score (nSPS) is 43.9. The average Bonchev–Trinajstić information content (AvgIpc) is 3.21. The van der Waals surface area contributed by atoms with Gasteiger partial charge in [-0.2, -0.15) is 0 Å². The van der Waals surface area contributed by atoms with Crippen LogP contribution in [0.3, 0.4) is 0 Å². The smallest absolute Gasteiger partial charge is 0.229 e. The molecule has 0 aromatic carbocycles. The van der Waals surface area contributed by atoms with Gasteiger partial charge in [-0.3, -0.25) is 19.2 Å². The Morgan fingerprint density at radius 2 is 0.906 bits per heavy atom. The molecule has 4 bridgehead atoms. The Labute approximate surface area is 191 Å². The first kappa shape index (κ1) is 22.1. The summed E-state index contributed by atoms with van der Waals surface area (Å²) in [5, 5.41) is 0. The van der Waals surface area contributed by atoms with Crippen molar-refractivity contribution < 1.29 is 19.2 Å². The Balaban J connectivity index is 1.32. The van der Waals surface area contributed by atoms with Crippen molar-refractivity contribution in [2.45, 2.75) is 80.1 Å². The predicted molar refractivity (Wildman–Crippen MR) is 120 cm³/mol. The highest BCUT2D eigenvalue weighted by Crippen LogP contribution is 2.72. The average molecular weight is 443 g/mol. The highest BCUT2D eigenvalue weighted by atomic mass is 16.2. The van der Waals surface area contributed by atoms with Gasteiger partial charge >= 0.3 is 0 Å². The van der Waals surface area contributed by atoms with E-state index in [4.69, 9.17) is 0 Å². The highest BCUT2D eigenvalue weighted by molar-refractivity contribution is 6.01. The fourth-order valence-corrected chi connectivity index (χ4v) is 8.38. The molecule has 5 fully saturated rings. The maximum atomic E-state index is 13.8. The zero-order valence-electron chi connectivity index (χ0n) is 20.6. The van der Waals surface area contributed by atoms with Crippen LogP contribution in [0.25, 0.3) is 0 Å². The number of carbonyl (C=O) groups is 4. The highest BCUT2D eigenvalue weighted by Gasteiger charge is 2.74. The van der Waals surface area contributed by atoms with Crippen molar-refractivity contribution in [3.05, 3.63) is 0 Å². The Kier molecular flexibility index (Phi) is 4.17. The summed E-state index contributed by atoms with van der Waals surface area (Å²) in [6.45, 7) is 14.5. The van der Waals surface area contributed by atoms with Crippen molar-refractivity contribution in [3.8, 4) is 0 Å². The van der Waals surface area contributed by atoms with E-state index in [0.717, 1.165) is 25.7 Å². The Morgan fingerprint density at radius 3 is 1.12 bits per heavy atom. The summed E-state index contributed by atoms with van der Waals surface area (Å²) in [6, 6.07) is 0. The molecule has 0 aromatic rings. The van der Waals surface area contributed by atoms with E-state index in [2.05, 4.69) is 27.7 Å². The van der Waals surface area contributed by atoms with Crippen molar-refractivity contribution in [1.82, 2.24) is 9.80 Å². The van der Waals surface area contributed by atoms with Crippen molar-refractivity contribution in [2.75, 3.05) is 26.2 Å². The fraction of sp³-hybridized carbons (Fsp3) is 0.846. The Bertz CT molecular complexity index is 869. The quantitative estimate of drug-likeness (QED) is 0.658. The van der Waals surface area contributed by atoms with Gasteiger partial charge in [0.15, 0.2) is 0 Å². The summed E-state index contributed by atoms with van der Waals surface area (Å²) in [5.41, 5.74) is -2.70. The van der Waals surface area contributed by atoms with Crippen molar-refractivity contribution in [2.24, 2.45) is 32.5 Å². The number of ketones is 2. The number of nitrogens with zero attached hydrogens (tertiary/aromatic N) is 2. The van der Waals surface area contributed by atoms with Gasteiger partial charge in [0.05, 0.1) is 10.8 Å². The van der Waals surface area contributed by atoms with E-state index in [0.29, 0.717) is 39.0 Å². The molecule has 4 atom stereocenters. The molecular weight excluding hydrogens is 404 g/mol. The number of hydrogen-bond acceptors (Lipinski definition) is 4. The molecule has 0 aromatic heterocycles. The molecule has 1 aliphatic heterocycles. The number of amides is 2. The molecule has 2 amide bonds. The van der Waals surface area contributed by atoms with E-state index in [1.165, 1.54) is 0 Å². The molecule has 32 heavy (non-hydrogen) atoms. The molecule has 0 unspecified atom stereocenters. The van der Waals surface area contributed by atoms with E-state index < -0.39 is 21.7 Å². The molecule has 0 radical (unpaired) electrons. The first-order valence-electron chi connectivity index (χ1n) is 12.4. The molecule has 176 valence electrons. The van der Waals surface area contributed by atoms with E-state index in [1.54, 1.807) is 0 Å². The monoisotopic (exact) mass is 442 g/mol. The van der Waals surface area contributed by atoms with Crippen molar-refractivity contribution >= 4 is 23.4 Å². The summed E-state index contributed by atoms with van der Waals surface area (Å²) in [4.78, 5) is 56.9. The number of piperazine rings is 1. The first-order valence-corrected chi connectivity index (χ1v) is 12.4. The minimum atomic E-state index is -0.600. The second kappa shape index (κ2) is 6.04. The molecule has 5 aliphatic rings. The maximum absolute atomic E-state index is 13.8. The van der Waals surface area contributed by atoms with Crippen LogP contribution >= 0.6 is 0 Å². The third-order valence-corrected chi connectivity index (χ3v) is 12.1. The van der Waals surface area contributed by atoms with Gasteiger partial charge in [0.25, 0.3) is 0 Å². The zero-order chi connectivity index (χ0) is 23.5. The second-order valence-corrected chi connectivity index (χ2v) is 12.9. The fourth-order valence-electron chi connectivity index (χ4n) is 8.38. The minimum absolute atomic E-state index is 0.104. The van der Waals surface area contributed by atoms with E-state index >= 15 is 0 Å². The molecule has 0 spiro atoms. The number of rotatable bonds is 2. The van der Waals surface area contributed by atoms with E-state index in [-0.39, 0.29) is 34.2 Å². The molecule has 6 nitrogen and oxygen atoms in total. The number of fused-ring (bicyclic) bond motifs is 4. The Morgan fingerprint density at radius 1 is 0.594 bits per heavy atom. The van der Waals surface area contributed by atoms with Gasteiger partial charge in [0, 0.05) is 49.9 Å². The predicted octanol–water partition coefficient (Wildman–Crippen LogP) is 3.23. The summed E-state index contributed by atoms with van der Waals surface area (Å²) >= 11 is 0. The summed E-state index contributed by atoms with van der Waals surface area (Å²) in [5.74, 6) is 0.666. The van der Waals surface area contributed by atoms with E-state index in [9.17, 15) is 19.2 Å². The van der Waals surface area contributed by atoms with Crippen LogP contribution < -0.4 is 0 Å². The van der Waals surface area contributed by atoms with Crippen LogP contribution in [0.1, 0.15) is 80.1 Å². The molecule has 6 heteroatoms. The van der Waals surface area contributed by atoms with Crippen LogP contribution in [0.4, 0.5) is 0 Å². The van der Waals surface area contributed by atoms with Gasteiger partial charge in [0.2, 0.25) is 11.8 Å². The third kappa shape index (κ3) is 2.09. The van der Waals surface area contributed by atoms with Gasteiger partial charge in [0.1, 0.15) is 11.6 Å². The van der Waals surface area contributed by atoms with Gasteiger partial charge in [-0.15, -0.1) is 0 Å². The van der Waals surface area contributed by atoms with Crippen molar-refractivity contribution in [3.63, 3.8) is 0 Å². The van der Waals surface area contributed by atoms with Crippen LogP contribution in [0, 0.1) is 32.5 Å². The van der Waals surface area contributed by atoms with Crippen molar-refractivity contribution in [1.29, 1.82) is 0 Å². The molecule has 4 aliphatic carbocycles. The second-order valence-electron chi connectivity index (χ2n) is 12.9. The molecule has 4 saturated carbocycles. The SMILES string of the molecule is CC1(C)[C@@]2(C(=O)N3CCN(C(=O)[C@@]45CC[C@](C)(C(=O)C4)C5(C)C)CC3)CC[C@]1(C)C(=O)C2. The largest absolute Gasteiger partial charge is 0.339 e. The van der Waals surface area contributed by atoms with E-state index in [1.807, 2.05) is 23.6 Å². The van der Waals surface area contributed by atoms with Crippen LogP contribution in [0.5, 0.6) is 0 Å². The molecule has 1 heterocycles. The lowest BCUT2D eigenvalue weighted by Crippen LogP contribution is -2.58. The van der Waals surface area contributed by atoms with Crippen LogP contribution in [-0.4, -0.2) is 59.4 Å².